The van der Waals surface area contributed by atoms with Crippen molar-refractivity contribution in [2.75, 3.05) is 13.2 Å². The van der Waals surface area contributed by atoms with Gasteiger partial charge >= 0.3 is 0 Å². The van der Waals surface area contributed by atoms with Crippen molar-refractivity contribution in [1.82, 2.24) is 10.6 Å². The van der Waals surface area contributed by atoms with E-state index in [9.17, 15) is 0 Å². The largest absolute Gasteiger partial charge is 0.494 e. The van der Waals surface area contributed by atoms with Crippen molar-refractivity contribution in [3.63, 3.8) is 0 Å². The normalized spacial score (nSPS) is 14.4. The van der Waals surface area contributed by atoms with E-state index in [2.05, 4.69) is 53.8 Å². The Morgan fingerprint density at radius 1 is 1.26 bits per heavy atom. The summed E-state index contributed by atoms with van der Waals surface area (Å²) in [5.74, 6) is 1.81. The van der Waals surface area contributed by atoms with Gasteiger partial charge in [0.2, 0.25) is 0 Å². The van der Waals surface area contributed by atoms with Crippen molar-refractivity contribution in [2.24, 2.45) is 4.99 Å². The zero-order chi connectivity index (χ0) is 15.6. The fourth-order valence-electron chi connectivity index (χ4n) is 2.37. The summed E-state index contributed by atoms with van der Waals surface area (Å²) in [6.07, 6.45) is 7.60. The van der Waals surface area contributed by atoms with Gasteiger partial charge in [0.05, 0.1) is 13.2 Å². The smallest absolute Gasteiger partial charge is 0.191 e. The topological polar surface area (TPSA) is 45.6 Å². The second-order valence-corrected chi connectivity index (χ2v) is 5.48. The lowest BCUT2D eigenvalue weighted by Gasteiger charge is -2.16. The first kappa shape index (κ1) is 19.8. The molecule has 0 saturated carbocycles. The van der Waals surface area contributed by atoms with Crippen LogP contribution in [0.5, 0.6) is 5.75 Å². The number of halogens is 1. The quantitative estimate of drug-likeness (QED) is 0.300. The van der Waals surface area contributed by atoms with Gasteiger partial charge in [0.15, 0.2) is 5.96 Å². The van der Waals surface area contributed by atoms with Crippen LogP contribution < -0.4 is 15.4 Å². The molecule has 1 aliphatic carbocycles. The molecule has 0 unspecified atom stereocenters. The molecule has 128 valence electrons. The number of nitrogens with one attached hydrogen (secondary N) is 2. The number of nitrogens with zero attached hydrogens (tertiary/aromatic N) is 1. The Balaban J connectivity index is 0.00000264. The Hall–Kier alpha value is -1.24. The number of rotatable bonds is 7. The van der Waals surface area contributed by atoms with Gasteiger partial charge in [-0.25, -0.2) is 4.99 Å². The van der Waals surface area contributed by atoms with E-state index in [1.165, 1.54) is 0 Å². The van der Waals surface area contributed by atoms with Crippen LogP contribution in [0, 0.1) is 0 Å². The minimum absolute atomic E-state index is 0. The molecule has 0 atom stereocenters. The third-order valence-electron chi connectivity index (χ3n) is 3.48. The van der Waals surface area contributed by atoms with Crippen LogP contribution in [0.4, 0.5) is 0 Å². The minimum atomic E-state index is 0. The monoisotopic (exact) mass is 429 g/mol. The van der Waals surface area contributed by atoms with E-state index in [0.717, 1.165) is 49.7 Å². The summed E-state index contributed by atoms with van der Waals surface area (Å²) in [4.78, 5) is 4.68. The number of guanidine groups is 1. The van der Waals surface area contributed by atoms with E-state index < -0.39 is 0 Å². The average Bonchev–Trinajstić information content (AvgIpc) is 3.04. The molecule has 4 nitrogen and oxygen atoms in total. The zero-order valence-electron chi connectivity index (χ0n) is 14.0. The number of hydrogen-bond donors (Lipinski definition) is 2. The van der Waals surface area contributed by atoms with Gasteiger partial charge in [0.1, 0.15) is 5.75 Å². The van der Waals surface area contributed by atoms with E-state index >= 15 is 0 Å². The Morgan fingerprint density at radius 3 is 2.74 bits per heavy atom. The fourth-order valence-corrected chi connectivity index (χ4v) is 2.37. The molecule has 0 aromatic heterocycles. The predicted molar refractivity (Wildman–Crippen MR) is 108 cm³/mol. The molecule has 23 heavy (non-hydrogen) atoms. The average molecular weight is 429 g/mol. The molecule has 1 aromatic carbocycles. The summed E-state index contributed by atoms with van der Waals surface area (Å²) in [6, 6.07) is 8.65. The summed E-state index contributed by atoms with van der Waals surface area (Å²) in [5, 5.41) is 6.79. The summed E-state index contributed by atoms with van der Waals surface area (Å²) in [6.45, 7) is 6.47. The molecule has 5 heteroatoms. The van der Waals surface area contributed by atoms with Gasteiger partial charge in [-0.05, 0) is 43.9 Å². The summed E-state index contributed by atoms with van der Waals surface area (Å²) in [5.41, 5.74) is 1.16. The van der Waals surface area contributed by atoms with Crippen molar-refractivity contribution >= 4 is 29.9 Å². The SMILES string of the molecule is CCCOc1cccc(CN=C(NCC)NC2CC=CC2)c1.I. The van der Waals surface area contributed by atoms with E-state index in [4.69, 9.17) is 4.74 Å². The number of aliphatic imine (C=N–C) groups is 1. The third-order valence-corrected chi connectivity index (χ3v) is 3.48. The van der Waals surface area contributed by atoms with Crippen LogP contribution in [-0.4, -0.2) is 25.2 Å². The molecule has 0 heterocycles. The molecular formula is C18H28IN3O. The standard InChI is InChI=1S/C18H27N3O.HI/c1-3-12-22-17-11-7-8-15(13-17)14-20-18(19-4-2)21-16-9-5-6-10-16;/h5-8,11,13,16H,3-4,9-10,12,14H2,1-2H3,(H2,19,20,21);1H. The lowest BCUT2D eigenvalue weighted by Crippen LogP contribution is -2.42. The van der Waals surface area contributed by atoms with Gasteiger partial charge in [-0.1, -0.05) is 31.2 Å². The van der Waals surface area contributed by atoms with Crippen molar-refractivity contribution in [3.8, 4) is 5.75 Å². The van der Waals surface area contributed by atoms with Crippen LogP contribution in [0.2, 0.25) is 0 Å². The van der Waals surface area contributed by atoms with Crippen molar-refractivity contribution in [3.05, 3.63) is 42.0 Å². The number of hydrogen-bond acceptors (Lipinski definition) is 2. The molecule has 0 bridgehead atoms. The van der Waals surface area contributed by atoms with Gasteiger partial charge in [-0.15, -0.1) is 24.0 Å². The Labute approximate surface area is 156 Å². The maximum atomic E-state index is 5.67. The van der Waals surface area contributed by atoms with Gasteiger partial charge < -0.3 is 15.4 Å². The van der Waals surface area contributed by atoms with Crippen LogP contribution >= 0.6 is 24.0 Å². The van der Waals surface area contributed by atoms with E-state index in [-0.39, 0.29) is 24.0 Å². The van der Waals surface area contributed by atoms with Crippen LogP contribution in [0.15, 0.2) is 41.4 Å². The molecule has 0 aliphatic heterocycles. The van der Waals surface area contributed by atoms with Crippen LogP contribution in [0.3, 0.4) is 0 Å². The highest BCUT2D eigenvalue weighted by molar-refractivity contribution is 14.0. The first-order chi connectivity index (χ1) is 10.8. The maximum absolute atomic E-state index is 5.67. The summed E-state index contributed by atoms with van der Waals surface area (Å²) < 4.78 is 5.67. The molecular weight excluding hydrogens is 401 g/mol. The molecule has 2 N–H and O–H groups in total. The highest BCUT2D eigenvalue weighted by Gasteiger charge is 2.11. The van der Waals surface area contributed by atoms with Crippen LogP contribution in [0.1, 0.15) is 38.7 Å². The first-order valence-electron chi connectivity index (χ1n) is 8.23. The Morgan fingerprint density at radius 2 is 2.04 bits per heavy atom. The number of ether oxygens (including phenoxy) is 1. The molecule has 0 fully saturated rings. The predicted octanol–water partition coefficient (Wildman–Crippen LogP) is 3.87. The molecule has 0 radical (unpaired) electrons. The maximum Gasteiger partial charge on any atom is 0.191 e. The number of benzene rings is 1. The van der Waals surface area contributed by atoms with Gasteiger partial charge in [-0.2, -0.15) is 0 Å². The third kappa shape index (κ3) is 7.24. The van der Waals surface area contributed by atoms with Crippen LogP contribution in [-0.2, 0) is 6.54 Å². The Bertz CT molecular complexity index is 509. The van der Waals surface area contributed by atoms with E-state index in [1.54, 1.807) is 0 Å². The van der Waals surface area contributed by atoms with Crippen molar-refractivity contribution in [2.45, 2.75) is 45.7 Å². The lowest BCUT2D eigenvalue weighted by molar-refractivity contribution is 0.317. The second kappa shape index (κ2) is 11.3. The highest BCUT2D eigenvalue weighted by atomic mass is 127. The Kier molecular flexibility index (Phi) is 9.75. The van der Waals surface area contributed by atoms with Gasteiger partial charge in [-0.3, -0.25) is 0 Å². The zero-order valence-corrected chi connectivity index (χ0v) is 16.4. The van der Waals surface area contributed by atoms with Gasteiger partial charge in [0, 0.05) is 12.6 Å². The summed E-state index contributed by atoms with van der Waals surface area (Å²) in [7, 11) is 0. The van der Waals surface area contributed by atoms with Gasteiger partial charge in [0.25, 0.3) is 0 Å². The molecule has 2 rings (SSSR count). The van der Waals surface area contributed by atoms with E-state index in [1.807, 2.05) is 12.1 Å². The van der Waals surface area contributed by atoms with Crippen LogP contribution in [0.25, 0.3) is 0 Å². The van der Waals surface area contributed by atoms with Crippen molar-refractivity contribution in [1.29, 1.82) is 0 Å². The second-order valence-electron chi connectivity index (χ2n) is 5.48. The highest BCUT2D eigenvalue weighted by Crippen LogP contribution is 2.14. The molecule has 0 saturated heterocycles. The first-order valence-corrected chi connectivity index (χ1v) is 8.23. The molecule has 1 aliphatic rings. The lowest BCUT2D eigenvalue weighted by atomic mass is 10.2. The molecule has 1 aromatic rings. The minimum Gasteiger partial charge on any atom is -0.494 e. The molecule has 0 spiro atoms. The summed E-state index contributed by atoms with van der Waals surface area (Å²) >= 11 is 0. The van der Waals surface area contributed by atoms with E-state index in [0.29, 0.717) is 12.6 Å². The molecule has 0 amide bonds. The fraction of sp³-hybridized carbons (Fsp3) is 0.500. The van der Waals surface area contributed by atoms with Crippen molar-refractivity contribution < 1.29 is 4.74 Å².